The number of halogens is 1. The molecule has 3 rings (SSSR count). The van der Waals surface area contributed by atoms with Crippen molar-refractivity contribution in [3.05, 3.63) is 58.7 Å². The van der Waals surface area contributed by atoms with Crippen LogP contribution in [0.5, 0.6) is 0 Å². The van der Waals surface area contributed by atoms with E-state index in [0.717, 1.165) is 21.1 Å². The zero-order valence-electron chi connectivity index (χ0n) is 14.9. The van der Waals surface area contributed by atoms with Crippen LogP contribution in [-0.2, 0) is 9.53 Å². The van der Waals surface area contributed by atoms with Crippen LogP contribution in [0.25, 0.3) is 10.9 Å². The van der Waals surface area contributed by atoms with Crippen molar-refractivity contribution in [3.8, 4) is 0 Å². The SMILES string of the molecule is CCOC(=O)c1cnc2ccc(Br)cc2c1Nc1ccc(NC(C)=O)cc1. The second-order valence-electron chi connectivity index (χ2n) is 5.81. The third kappa shape index (κ3) is 4.43. The number of rotatable bonds is 5. The van der Waals surface area contributed by atoms with Gasteiger partial charge in [0.15, 0.2) is 0 Å². The van der Waals surface area contributed by atoms with E-state index < -0.39 is 5.97 Å². The number of hydrogen-bond acceptors (Lipinski definition) is 5. The summed E-state index contributed by atoms with van der Waals surface area (Å²) in [4.78, 5) is 27.9. The number of benzene rings is 2. The van der Waals surface area contributed by atoms with Crippen molar-refractivity contribution in [1.82, 2.24) is 4.98 Å². The Bertz CT molecular complexity index is 1000. The summed E-state index contributed by atoms with van der Waals surface area (Å²) in [5.74, 6) is -0.575. The quantitative estimate of drug-likeness (QED) is 0.567. The Morgan fingerprint density at radius 1 is 1.11 bits per heavy atom. The molecule has 27 heavy (non-hydrogen) atoms. The van der Waals surface area contributed by atoms with Gasteiger partial charge in [0.05, 0.1) is 17.8 Å². The highest BCUT2D eigenvalue weighted by molar-refractivity contribution is 9.10. The first-order valence-corrected chi connectivity index (χ1v) is 9.17. The molecule has 1 heterocycles. The van der Waals surface area contributed by atoms with Crippen molar-refractivity contribution in [1.29, 1.82) is 0 Å². The minimum atomic E-state index is -0.441. The monoisotopic (exact) mass is 427 g/mol. The van der Waals surface area contributed by atoms with E-state index in [2.05, 4.69) is 31.5 Å². The Hall–Kier alpha value is -2.93. The van der Waals surface area contributed by atoms with Crippen molar-refractivity contribution in [2.75, 3.05) is 17.2 Å². The van der Waals surface area contributed by atoms with Crippen LogP contribution in [0.3, 0.4) is 0 Å². The van der Waals surface area contributed by atoms with E-state index in [4.69, 9.17) is 4.74 Å². The van der Waals surface area contributed by atoms with Gasteiger partial charge in [0, 0.05) is 34.4 Å². The fourth-order valence-corrected chi connectivity index (χ4v) is 3.01. The first-order chi connectivity index (χ1) is 13.0. The summed E-state index contributed by atoms with van der Waals surface area (Å²) in [7, 11) is 0. The lowest BCUT2D eigenvalue weighted by molar-refractivity contribution is -0.114. The minimum absolute atomic E-state index is 0.134. The van der Waals surface area contributed by atoms with E-state index in [1.165, 1.54) is 13.1 Å². The van der Waals surface area contributed by atoms with Gasteiger partial charge in [-0.2, -0.15) is 0 Å². The molecule has 6 nitrogen and oxygen atoms in total. The molecule has 3 aromatic rings. The number of nitrogens with one attached hydrogen (secondary N) is 2. The average Bonchev–Trinajstić information content (AvgIpc) is 2.63. The predicted molar refractivity (Wildman–Crippen MR) is 109 cm³/mol. The Kier molecular flexibility index (Phi) is 5.71. The number of hydrogen-bond donors (Lipinski definition) is 2. The number of fused-ring (bicyclic) bond motifs is 1. The molecule has 0 saturated carbocycles. The molecular formula is C20H18BrN3O3. The Morgan fingerprint density at radius 3 is 2.48 bits per heavy atom. The predicted octanol–water partition coefficient (Wildman–Crippen LogP) is 4.88. The number of pyridine rings is 1. The molecule has 2 aromatic carbocycles. The van der Waals surface area contributed by atoms with E-state index in [0.29, 0.717) is 16.9 Å². The average molecular weight is 428 g/mol. The highest BCUT2D eigenvalue weighted by Crippen LogP contribution is 2.32. The number of aromatic nitrogens is 1. The molecular weight excluding hydrogens is 410 g/mol. The van der Waals surface area contributed by atoms with Crippen molar-refractivity contribution in [3.63, 3.8) is 0 Å². The van der Waals surface area contributed by atoms with Crippen molar-refractivity contribution < 1.29 is 14.3 Å². The van der Waals surface area contributed by atoms with Crippen LogP contribution in [0, 0.1) is 0 Å². The standard InChI is InChI=1S/C20H18BrN3O3/c1-3-27-20(26)17-11-22-18-9-4-13(21)10-16(18)19(17)24-15-7-5-14(6-8-15)23-12(2)25/h4-11H,3H2,1-2H3,(H,22,24)(H,23,25). The summed E-state index contributed by atoms with van der Waals surface area (Å²) in [5, 5.41) is 6.80. The van der Waals surface area contributed by atoms with Gasteiger partial charge in [-0.25, -0.2) is 4.79 Å². The fraction of sp³-hybridized carbons (Fsp3) is 0.150. The van der Waals surface area contributed by atoms with E-state index >= 15 is 0 Å². The molecule has 0 atom stereocenters. The first-order valence-electron chi connectivity index (χ1n) is 8.38. The maximum Gasteiger partial charge on any atom is 0.341 e. The highest BCUT2D eigenvalue weighted by atomic mass is 79.9. The van der Waals surface area contributed by atoms with E-state index in [-0.39, 0.29) is 12.5 Å². The molecule has 0 fully saturated rings. The lowest BCUT2D eigenvalue weighted by Gasteiger charge is -2.15. The highest BCUT2D eigenvalue weighted by Gasteiger charge is 2.17. The van der Waals surface area contributed by atoms with Gasteiger partial charge in [-0.1, -0.05) is 15.9 Å². The van der Waals surface area contributed by atoms with Gasteiger partial charge >= 0.3 is 5.97 Å². The van der Waals surface area contributed by atoms with E-state index in [9.17, 15) is 9.59 Å². The molecule has 0 aliphatic carbocycles. The molecule has 0 unspecified atom stereocenters. The summed E-state index contributed by atoms with van der Waals surface area (Å²) in [6.07, 6.45) is 1.52. The van der Waals surface area contributed by atoms with Crippen LogP contribution in [0.2, 0.25) is 0 Å². The largest absolute Gasteiger partial charge is 0.462 e. The van der Waals surface area contributed by atoms with Gasteiger partial charge in [0.2, 0.25) is 5.91 Å². The number of carbonyl (C=O) groups is 2. The van der Waals surface area contributed by atoms with Gasteiger partial charge in [-0.3, -0.25) is 9.78 Å². The van der Waals surface area contributed by atoms with Crippen LogP contribution in [0.4, 0.5) is 17.1 Å². The molecule has 1 amide bonds. The van der Waals surface area contributed by atoms with Crippen LogP contribution in [0.15, 0.2) is 53.1 Å². The van der Waals surface area contributed by atoms with E-state index in [1.54, 1.807) is 19.1 Å². The summed E-state index contributed by atoms with van der Waals surface area (Å²) >= 11 is 3.46. The van der Waals surface area contributed by atoms with Crippen LogP contribution < -0.4 is 10.6 Å². The lowest BCUT2D eigenvalue weighted by atomic mass is 10.1. The van der Waals surface area contributed by atoms with Crippen molar-refractivity contribution in [2.24, 2.45) is 0 Å². The topological polar surface area (TPSA) is 80.3 Å². The molecule has 138 valence electrons. The first kappa shape index (κ1) is 18.8. The summed E-state index contributed by atoms with van der Waals surface area (Å²) in [5.41, 5.74) is 3.19. The second kappa shape index (κ2) is 8.18. The summed E-state index contributed by atoms with van der Waals surface area (Å²) < 4.78 is 6.05. The van der Waals surface area contributed by atoms with E-state index in [1.807, 2.05) is 30.3 Å². The lowest BCUT2D eigenvalue weighted by Crippen LogP contribution is -2.09. The molecule has 7 heteroatoms. The van der Waals surface area contributed by atoms with Crippen LogP contribution in [-0.4, -0.2) is 23.5 Å². The molecule has 0 spiro atoms. The van der Waals surface area contributed by atoms with Gasteiger partial charge in [-0.15, -0.1) is 0 Å². The number of nitrogens with zero attached hydrogens (tertiary/aromatic N) is 1. The number of carbonyl (C=O) groups excluding carboxylic acids is 2. The molecule has 0 radical (unpaired) electrons. The zero-order valence-corrected chi connectivity index (χ0v) is 16.5. The Balaban J connectivity index is 2.04. The molecule has 0 aliphatic rings. The summed E-state index contributed by atoms with van der Waals surface area (Å²) in [6, 6.07) is 12.9. The number of ether oxygens (including phenoxy) is 1. The molecule has 2 N–H and O–H groups in total. The van der Waals surface area contributed by atoms with Crippen LogP contribution >= 0.6 is 15.9 Å². The van der Waals surface area contributed by atoms with Gasteiger partial charge in [0.25, 0.3) is 0 Å². The Labute approximate surface area is 165 Å². The second-order valence-corrected chi connectivity index (χ2v) is 6.73. The smallest absolute Gasteiger partial charge is 0.341 e. The molecule has 0 bridgehead atoms. The maximum absolute atomic E-state index is 12.4. The van der Waals surface area contributed by atoms with Gasteiger partial charge in [-0.05, 0) is 49.4 Å². The number of amides is 1. The van der Waals surface area contributed by atoms with Crippen molar-refractivity contribution in [2.45, 2.75) is 13.8 Å². The van der Waals surface area contributed by atoms with Crippen molar-refractivity contribution >= 4 is 55.8 Å². The van der Waals surface area contributed by atoms with Crippen LogP contribution in [0.1, 0.15) is 24.2 Å². The molecule has 0 saturated heterocycles. The Morgan fingerprint density at radius 2 is 1.81 bits per heavy atom. The summed E-state index contributed by atoms with van der Waals surface area (Å²) in [6.45, 7) is 3.50. The number of esters is 1. The third-order valence-corrected chi connectivity index (χ3v) is 4.29. The maximum atomic E-state index is 12.4. The third-order valence-electron chi connectivity index (χ3n) is 3.80. The minimum Gasteiger partial charge on any atom is -0.462 e. The fourth-order valence-electron chi connectivity index (χ4n) is 2.65. The van der Waals surface area contributed by atoms with Gasteiger partial charge < -0.3 is 15.4 Å². The normalized spacial score (nSPS) is 10.5. The molecule has 0 aliphatic heterocycles. The van der Waals surface area contributed by atoms with Gasteiger partial charge in [0.1, 0.15) is 5.56 Å². The zero-order chi connectivity index (χ0) is 19.4. The molecule has 1 aromatic heterocycles. The number of anilines is 3.